The largest absolute Gasteiger partial charge is 0.429 e. The van der Waals surface area contributed by atoms with Crippen molar-refractivity contribution in [2.24, 2.45) is 0 Å². The van der Waals surface area contributed by atoms with E-state index in [1.165, 1.54) is 0 Å². The van der Waals surface area contributed by atoms with Crippen LogP contribution >= 0.6 is 24.5 Å². The van der Waals surface area contributed by atoms with Crippen molar-refractivity contribution in [1.29, 1.82) is 5.26 Å². The molecule has 0 heterocycles. The van der Waals surface area contributed by atoms with Crippen LogP contribution in [0.2, 0.25) is 5.02 Å². The van der Waals surface area contributed by atoms with Gasteiger partial charge in [0.05, 0.1) is 11.6 Å². The number of nitriles is 1. The number of nitrogens with zero attached hydrogens (tertiary/aromatic N) is 1. The molecule has 3 aromatic rings. The lowest BCUT2D eigenvalue weighted by atomic mass is 9.90. The molecule has 0 aromatic heterocycles. The van der Waals surface area contributed by atoms with E-state index >= 15 is 0 Å². The fourth-order valence-corrected chi connectivity index (χ4v) is 3.34. The van der Waals surface area contributed by atoms with Gasteiger partial charge in [0.15, 0.2) is 0 Å². The van der Waals surface area contributed by atoms with Gasteiger partial charge in [0.2, 0.25) is 0 Å². The minimum Gasteiger partial charge on any atom is -0.429 e. The first-order valence-corrected chi connectivity index (χ1v) is 8.76. The van der Waals surface area contributed by atoms with E-state index in [1.54, 1.807) is 6.08 Å². The standard InChI is InChI=1S/C22H16ClNOS/c1-2-15-10-11-18(23)13-20(15)19-8-5-9-22(25-26)21(19)12-16-6-3-4-7-17(16)14-24/h2-11,13,26H,1,12H2. The second-order valence-corrected chi connectivity index (χ2v) is 6.37. The van der Waals surface area contributed by atoms with Gasteiger partial charge in [-0.3, -0.25) is 0 Å². The lowest BCUT2D eigenvalue weighted by Crippen LogP contribution is -1.98. The van der Waals surface area contributed by atoms with Gasteiger partial charge in [-0.05, 0) is 46.5 Å². The van der Waals surface area contributed by atoms with E-state index in [1.807, 2.05) is 60.7 Å². The maximum atomic E-state index is 9.40. The summed E-state index contributed by atoms with van der Waals surface area (Å²) >= 11 is 10.2. The van der Waals surface area contributed by atoms with Crippen LogP contribution in [0.25, 0.3) is 17.2 Å². The lowest BCUT2D eigenvalue weighted by molar-refractivity contribution is 0.649. The zero-order valence-corrected chi connectivity index (χ0v) is 15.6. The Morgan fingerprint density at radius 2 is 1.88 bits per heavy atom. The van der Waals surface area contributed by atoms with Crippen molar-refractivity contribution in [3.8, 4) is 22.9 Å². The van der Waals surface area contributed by atoms with E-state index in [4.69, 9.17) is 15.8 Å². The van der Waals surface area contributed by atoms with Crippen molar-refractivity contribution >= 4 is 30.6 Å². The number of hydrogen-bond donors (Lipinski definition) is 1. The minimum absolute atomic E-state index is 0.541. The van der Waals surface area contributed by atoms with Crippen LogP contribution in [-0.2, 0) is 6.42 Å². The Morgan fingerprint density at radius 1 is 1.08 bits per heavy atom. The van der Waals surface area contributed by atoms with Gasteiger partial charge in [-0.1, -0.05) is 60.7 Å². The minimum atomic E-state index is 0.541. The van der Waals surface area contributed by atoms with Crippen LogP contribution in [0.5, 0.6) is 5.75 Å². The molecule has 0 saturated carbocycles. The van der Waals surface area contributed by atoms with Crippen LogP contribution in [0, 0.1) is 11.3 Å². The lowest BCUT2D eigenvalue weighted by Gasteiger charge is -2.16. The van der Waals surface area contributed by atoms with Gasteiger partial charge >= 0.3 is 0 Å². The molecule has 0 atom stereocenters. The van der Waals surface area contributed by atoms with Gasteiger partial charge in [0.1, 0.15) is 5.75 Å². The highest BCUT2D eigenvalue weighted by Crippen LogP contribution is 2.37. The topological polar surface area (TPSA) is 33.0 Å². The summed E-state index contributed by atoms with van der Waals surface area (Å²) in [5, 5.41) is 10.0. The van der Waals surface area contributed by atoms with E-state index in [-0.39, 0.29) is 0 Å². The molecule has 0 saturated heterocycles. The van der Waals surface area contributed by atoms with Gasteiger partial charge in [-0.25, -0.2) is 0 Å². The van der Waals surface area contributed by atoms with Gasteiger partial charge in [0.25, 0.3) is 0 Å². The van der Waals surface area contributed by atoms with Gasteiger partial charge in [-0.15, -0.1) is 0 Å². The van der Waals surface area contributed by atoms with Crippen LogP contribution in [0.3, 0.4) is 0 Å². The summed E-state index contributed by atoms with van der Waals surface area (Å²) in [6, 6.07) is 21.3. The molecule has 26 heavy (non-hydrogen) atoms. The van der Waals surface area contributed by atoms with Crippen LogP contribution in [0.1, 0.15) is 22.3 Å². The second-order valence-electron chi connectivity index (χ2n) is 5.75. The van der Waals surface area contributed by atoms with Gasteiger partial charge in [0, 0.05) is 29.9 Å². The molecular formula is C22H16ClNOS. The number of rotatable bonds is 5. The Hall–Kier alpha value is -2.67. The molecule has 4 heteroatoms. The molecule has 2 nitrogen and oxygen atoms in total. The highest BCUT2D eigenvalue weighted by Gasteiger charge is 2.16. The quantitative estimate of drug-likeness (QED) is 0.416. The predicted octanol–water partition coefficient (Wildman–Crippen LogP) is 6.34. The molecule has 0 radical (unpaired) electrons. The molecule has 0 N–H and O–H groups in total. The Morgan fingerprint density at radius 3 is 2.62 bits per heavy atom. The van der Waals surface area contributed by atoms with Crippen molar-refractivity contribution < 1.29 is 4.18 Å². The van der Waals surface area contributed by atoms with Gasteiger partial charge in [-0.2, -0.15) is 5.26 Å². The first-order chi connectivity index (χ1) is 12.7. The molecule has 0 amide bonds. The van der Waals surface area contributed by atoms with E-state index in [9.17, 15) is 5.26 Å². The first kappa shape index (κ1) is 18.1. The van der Waals surface area contributed by atoms with Crippen molar-refractivity contribution in [2.75, 3.05) is 0 Å². The summed E-state index contributed by atoms with van der Waals surface area (Å²) < 4.78 is 5.31. The second kappa shape index (κ2) is 8.14. The summed E-state index contributed by atoms with van der Waals surface area (Å²) in [6.07, 6.45) is 2.34. The fraction of sp³-hybridized carbons (Fsp3) is 0.0455. The Balaban J connectivity index is 2.21. The summed E-state index contributed by atoms with van der Waals surface area (Å²) in [4.78, 5) is 0. The molecule has 3 aromatic carbocycles. The third-order valence-corrected chi connectivity index (χ3v) is 4.69. The molecule has 0 unspecified atom stereocenters. The molecule has 0 aliphatic carbocycles. The summed E-state index contributed by atoms with van der Waals surface area (Å²) in [6.45, 7) is 3.90. The van der Waals surface area contributed by atoms with Crippen molar-refractivity contribution in [3.05, 3.63) is 94.5 Å². The first-order valence-electron chi connectivity index (χ1n) is 8.01. The molecule has 0 bridgehead atoms. The summed E-state index contributed by atoms with van der Waals surface area (Å²) in [7, 11) is 0. The Bertz CT molecular complexity index is 1010. The predicted molar refractivity (Wildman–Crippen MR) is 111 cm³/mol. The van der Waals surface area contributed by atoms with Gasteiger partial charge < -0.3 is 4.18 Å². The summed E-state index contributed by atoms with van der Waals surface area (Å²) in [5.74, 6) is 0.647. The maximum Gasteiger partial charge on any atom is 0.141 e. The number of hydrogen-bond acceptors (Lipinski definition) is 3. The van der Waals surface area contributed by atoms with E-state index in [0.717, 1.165) is 27.8 Å². The Labute approximate surface area is 163 Å². The summed E-state index contributed by atoms with van der Waals surface area (Å²) in [5.41, 5.74) is 5.42. The third kappa shape index (κ3) is 3.62. The highest BCUT2D eigenvalue weighted by atomic mass is 35.5. The zero-order valence-electron chi connectivity index (χ0n) is 13.9. The molecule has 128 valence electrons. The smallest absolute Gasteiger partial charge is 0.141 e. The van der Waals surface area contributed by atoms with Crippen molar-refractivity contribution in [1.82, 2.24) is 0 Å². The Kier molecular flexibility index (Phi) is 5.68. The third-order valence-electron chi connectivity index (χ3n) is 4.26. The SMILES string of the molecule is C=Cc1ccc(Cl)cc1-c1cccc(OS)c1Cc1ccccc1C#N. The van der Waals surface area contributed by atoms with Crippen molar-refractivity contribution in [3.63, 3.8) is 0 Å². The average molecular weight is 378 g/mol. The molecule has 0 fully saturated rings. The van der Waals surface area contributed by atoms with Crippen LogP contribution in [0.4, 0.5) is 0 Å². The fourth-order valence-electron chi connectivity index (χ4n) is 3.00. The highest BCUT2D eigenvalue weighted by molar-refractivity contribution is 7.75. The normalized spacial score (nSPS) is 10.2. The van der Waals surface area contributed by atoms with E-state index < -0.39 is 0 Å². The molecule has 0 aliphatic heterocycles. The van der Waals surface area contributed by atoms with E-state index in [0.29, 0.717) is 22.8 Å². The van der Waals surface area contributed by atoms with Crippen LogP contribution in [-0.4, -0.2) is 0 Å². The zero-order chi connectivity index (χ0) is 18.5. The molecular weight excluding hydrogens is 362 g/mol. The maximum absolute atomic E-state index is 9.40. The van der Waals surface area contributed by atoms with E-state index in [2.05, 4.69) is 25.6 Å². The average Bonchev–Trinajstić information content (AvgIpc) is 2.68. The van der Waals surface area contributed by atoms with Crippen LogP contribution < -0.4 is 4.18 Å². The van der Waals surface area contributed by atoms with Crippen molar-refractivity contribution in [2.45, 2.75) is 6.42 Å². The number of thiol groups is 1. The number of benzene rings is 3. The van der Waals surface area contributed by atoms with Crippen LogP contribution in [0.15, 0.2) is 67.2 Å². The molecule has 0 spiro atoms. The monoisotopic (exact) mass is 377 g/mol. The molecule has 3 rings (SSSR count). The molecule has 0 aliphatic rings. The number of halogens is 1.